The first-order valence-corrected chi connectivity index (χ1v) is 7.46. The van der Waals surface area contributed by atoms with Crippen LogP contribution in [0.3, 0.4) is 0 Å². The number of para-hydroxylation sites is 1. The number of hydrogen-bond donors (Lipinski definition) is 1. The van der Waals surface area contributed by atoms with E-state index in [-0.39, 0.29) is 0 Å². The zero-order valence-corrected chi connectivity index (χ0v) is 12.6. The number of ether oxygens (including phenoxy) is 1. The van der Waals surface area contributed by atoms with Gasteiger partial charge in [-0.25, -0.2) is 0 Å². The van der Waals surface area contributed by atoms with Gasteiger partial charge < -0.3 is 10.1 Å². The molecule has 102 valence electrons. The lowest BCUT2D eigenvalue weighted by atomic mass is 10.2. The molecule has 2 rings (SSSR count). The van der Waals surface area contributed by atoms with Crippen LogP contribution in [0.5, 0.6) is 5.75 Å². The van der Waals surface area contributed by atoms with E-state index in [0.717, 1.165) is 12.3 Å². The van der Waals surface area contributed by atoms with Gasteiger partial charge in [-0.05, 0) is 25.1 Å². The van der Waals surface area contributed by atoms with E-state index >= 15 is 0 Å². The highest BCUT2D eigenvalue weighted by Gasteiger charge is 2.06. The Morgan fingerprint density at radius 1 is 1.21 bits per heavy atom. The number of hydrogen-bond acceptors (Lipinski definition) is 3. The fraction of sp³-hybridized carbons (Fsp3) is 0.375. The third-order valence-electron chi connectivity index (χ3n) is 2.89. The van der Waals surface area contributed by atoms with Crippen molar-refractivity contribution in [2.24, 2.45) is 0 Å². The maximum absolute atomic E-state index is 5.80. The largest absolute Gasteiger partial charge is 0.489 e. The summed E-state index contributed by atoms with van der Waals surface area (Å²) in [7, 11) is 0. The third kappa shape index (κ3) is 4.37. The quantitative estimate of drug-likeness (QED) is 0.855. The fourth-order valence-corrected chi connectivity index (χ4v) is 2.80. The molecule has 0 fully saturated rings. The average molecular weight is 275 g/mol. The Morgan fingerprint density at radius 3 is 2.63 bits per heavy atom. The minimum absolute atomic E-state index is 0.520. The van der Waals surface area contributed by atoms with Crippen LogP contribution < -0.4 is 10.1 Å². The van der Waals surface area contributed by atoms with E-state index in [1.807, 2.05) is 41.7 Å². The molecule has 1 N–H and O–H groups in total. The second kappa shape index (κ2) is 6.73. The molecular weight excluding hydrogens is 254 g/mol. The van der Waals surface area contributed by atoms with Gasteiger partial charge in [0.1, 0.15) is 12.4 Å². The highest BCUT2D eigenvalue weighted by molar-refractivity contribution is 7.12. The van der Waals surface area contributed by atoms with Gasteiger partial charge in [0.15, 0.2) is 0 Å². The maximum Gasteiger partial charge on any atom is 0.119 e. The summed E-state index contributed by atoms with van der Waals surface area (Å²) in [6.07, 6.45) is 0. The van der Waals surface area contributed by atoms with Crippen LogP contribution in [0.1, 0.15) is 29.2 Å². The van der Waals surface area contributed by atoms with E-state index in [0.29, 0.717) is 12.6 Å². The monoisotopic (exact) mass is 275 g/mol. The Bertz CT molecular complexity index is 505. The molecule has 1 aromatic carbocycles. The van der Waals surface area contributed by atoms with E-state index in [1.54, 1.807) is 0 Å². The van der Waals surface area contributed by atoms with Crippen molar-refractivity contribution < 1.29 is 4.74 Å². The fourth-order valence-electron chi connectivity index (χ4n) is 1.80. The molecule has 0 bridgehead atoms. The molecule has 1 aromatic heterocycles. The van der Waals surface area contributed by atoms with Gasteiger partial charge in [-0.1, -0.05) is 32.0 Å². The summed E-state index contributed by atoms with van der Waals surface area (Å²) in [6, 6.07) is 12.7. The van der Waals surface area contributed by atoms with E-state index in [9.17, 15) is 0 Å². The first-order valence-electron chi connectivity index (χ1n) is 6.64. The predicted octanol–water partition coefficient (Wildman–Crippen LogP) is 4.13. The SMILES string of the molecule is Cc1sc(CNC(C)C)cc1COc1ccccc1. The lowest BCUT2D eigenvalue weighted by Crippen LogP contribution is -2.21. The Morgan fingerprint density at radius 2 is 1.95 bits per heavy atom. The van der Waals surface area contributed by atoms with E-state index in [4.69, 9.17) is 4.74 Å². The Kier molecular flexibility index (Phi) is 5.00. The van der Waals surface area contributed by atoms with Gasteiger partial charge in [0.2, 0.25) is 0 Å². The Balaban J connectivity index is 1.93. The molecular formula is C16H21NOS. The summed E-state index contributed by atoms with van der Waals surface area (Å²) in [5.41, 5.74) is 1.29. The molecule has 0 aliphatic heterocycles. The summed E-state index contributed by atoms with van der Waals surface area (Å²) >= 11 is 1.85. The van der Waals surface area contributed by atoms with Crippen molar-refractivity contribution in [3.8, 4) is 5.75 Å². The van der Waals surface area contributed by atoms with Crippen molar-refractivity contribution in [3.05, 3.63) is 51.7 Å². The van der Waals surface area contributed by atoms with Crippen molar-refractivity contribution in [2.75, 3.05) is 0 Å². The molecule has 0 saturated heterocycles. The smallest absolute Gasteiger partial charge is 0.119 e. The van der Waals surface area contributed by atoms with Crippen molar-refractivity contribution in [2.45, 2.75) is 40.0 Å². The lowest BCUT2D eigenvalue weighted by Gasteiger charge is -2.05. The molecule has 2 nitrogen and oxygen atoms in total. The second-order valence-corrected chi connectivity index (χ2v) is 6.27. The zero-order valence-electron chi connectivity index (χ0n) is 11.8. The molecule has 0 aliphatic rings. The van der Waals surface area contributed by atoms with Crippen LogP contribution in [0.4, 0.5) is 0 Å². The molecule has 0 aliphatic carbocycles. The summed E-state index contributed by atoms with van der Waals surface area (Å²) in [4.78, 5) is 2.72. The molecule has 0 unspecified atom stereocenters. The number of thiophene rings is 1. The minimum atomic E-state index is 0.520. The van der Waals surface area contributed by atoms with Crippen LogP contribution in [0.25, 0.3) is 0 Å². The van der Waals surface area contributed by atoms with Gasteiger partial charge >= 0.3 is 0 Å². The number of nitrogens with one attached hydrogen (secondary N) is 1. The lowest BCUT2D eigenvalue weighted by molar-refractivity contribution is 0.306. The maximum atomic E-state index is 5.80. The summed E-state index contributed by atoms with van der Waals surface area (Å²) in [5.74, 6) is 0.926. The van der Waals surface area contributed by atoms with Gasteiger partial charge in [-0.15, -0.1) is 11.3 Å². The minimum Gasteiger partial charge on any atom is -0.489 e. The Labute approximate surface area is 119 Å². The zero-order chi connectivity index (χ0) is 13.7. The highest BCUT2D eigenvalue weighted by Crippen LogP contribution is 2.23. The van der Waals surface area contributed by atoms with Crippen LogP contribution in [-0.2, 0) is 13.2 Å². The molecule has 0 amide bonds. The van der Waals surface area contributed by atoms with Gasteiger partial charge in [0, 0.05) is 27.9 Å². The van der Waals surface area contributed by atoms with Gasteiger partial charge in [0.25, 0.3) is 0 Å². The summed E-state index contributed by atoms with van der Waals surface area (Å²) in [5, 5.41) is 3.45. The number of aryl methyl sites for hydroxylation is 1. The summed E-state index contributed by atoms with van der Waals surface area (Å²) < 4.78 is 5.80. The molecule has 19 heavy (non-hydrogen) atoms. The predicted molar refractivity (Wildman–Crippen MR) is 81.8 cm³/mol. The van der Waals surface area contributed by atoms with E-state index in [1.165, 1.54) is 15.3 Å². The van der Waals surface area contributed by atoms with E-state index in [2.05, 4.69) is 32.2 Å². The van der Waals surface area contributed by atoms with Crippen LogP contribution in [-0.4, -0.2) is 6.04 Å². The Hall–Kier alpha value is -1.32. The van der Waals surface area contributed by atoms with Crippen molar-refractivity contribution in [3.63, 3.8) is 0 Å². The van der Waals surface area contributed by atoms with Crippen molar-refractivity contribution in [1.82, 2.24) is 5.32 Å². The van der Waals surface area contributed by atoms with Crippen LogP contribution in [0.2, 0.25) is 0 Å². The molecule has 0 radical (unpaired) electrons. The van der Waals surface area contributed by atoms with Gasteiger partial charge in [-0.2, -0.15) is 0 Å². The topological polar surface area (TPSA) is 21.3 Å². The van der Waals surface area contributed by atoms with Gasteiger partial charge in [0.05, 0.1) is 0 Å². The molecule has 0 saturated carbocycles. The van der Waals surface area contributed by atoms with Crippen LogP contribution in [0, 0.1) is 6.92 Å². The summed E-state index contributed by atoms with van der Waals surface area (Å²) in [6.45, 7) is 8.08. The second-order valence-electron chi connectivity index (χ2n) is 4.93. The van der Waals surface area contributed by atoms with Crippen molar-refractivity contribution >= 4 is 11.3 Å². The molecule has 2 aromatic rings. The number of benzene rings is 1. The van der Waals surface area contributed by atoms with Gasteiger partial charge in [-0.3, -0.25) is 0 Å². The normalized spacial score (nSPS) is 10.9. The molecule has 0 spiro atoms. The first-order chi connectivity index (χ1) is 9.15. The van der Waals surface area contributed by atoms with Crippen LogP contribution >= 0.6 is 11.3 Å². The van der Waals surface area contributed by atoms with Crippen LogP contribution in [0.15, 0.2) is 36.4 Å². The molecule has 3 heteroatoms. The molecule has 0 atom stereocenters. The molecule has 1 heterocycles. The highest BCUT2D eigenvalue weighted by atomic mass is 32.1. The van der Waals surface area contributed by atoms with E-state index < -0.39 is 0 Å². The van der Waals surface area contributed by atoms with Crippen molar-refractivity contribution in [1.29, 1.82) is 0 Å². The average Bonchev–Trinajstić information content (AvgIpc) is 2.76. The first kappa shape index (κ1) is 14.1. The number of rotatable bonds is 6. The third-order valence-corrected chi connectivity index (χ3v) is 3.99. The standard InChI is InChI=1S/C16H21NOS/c1-12(2)17-10-16-9-14(13(3)19-16)11-18-15-7-5-4-6-8-15/h4-9,12,17H,10-11H2,1-3H3.